The fourth-order valence-electron chi connectivity index (χ4n) is 1.68. The minimum absolute atomic E-state index is 0.170. The van der Waals surface area contributed by atoms with E-state index in [1.165, 1.54) is 6.26 Å². The number of benzene rings is 1. The molecule has 3 aromatic rings. The lowest BCUT2D eigenvalue weighted by atomic mass is 10.1. The van der Waals surface area contributed by atoms with E-state index < -0.39 is 0 Å². The standard InChI is InChI=1S/C11H7N3O2/c15-10-3-1-2-8-11(10)7(4-5-12-8)9-6-16-14-13-9/h1-6,15H. The molecule has 0 aliphatic heterocycles. The van der Waals surface area contributed by atoms with Gasteiger partial charge in [0, 0.05) is 17.0 Å². The molecule has 0 aliphatic carbocycles. The molecular weight excluding hydrogens is 206 g/mol. The first-order valence-corrected chi connectivity index (χ1v) is 4.70. The van der Waals surface area contributed by atoms with Crippen LogP contribution < -0.4 is 0 Å². The number of hydrogen-bond acceptors (Lipinski definition) is 5. The average molecular weight is 213 g/mol. The number of nitrogens with zero attached hydrogens (tertiary/aromatic N) is 3. The second-order valence-corrected chi connectivity index (χ2v) is 3.32. The summed E-state index contributed by atoms with van der Waals surface area (Å²) in [5.74, 6) is 0.170. The van der Waals surface area contributed by atoms with Gasteiger partial charge in [0.25, 0.3) is 0 Å². The first kappa shape index (κ1) is 8.84. The lowest BCUT2D eigenvalue weighted by Gasteiger charge is -2.03. The zero-order chi connectivity index (χ0) is 11.0. The predicted octanol–water partition coefficient (Wildman–Crippen LogP) is 1.99. The minimum Gasteiger partial charge on any atom is -0.507 e. The van der Waals surface area contributed by atoms with Crippen molar-refractivity contribution in [3.05, 3.63) is 36.7 Å². The zero-order valence-electron chi connectivity index (χ0n) is 8.16. The van der Waals surface area contributed by atoms with E-state index in [1.807, 2.05) is 6.07 Å². The molecule has 3 rings (SSSR count). The first-order valence-electron chi connectivity index (χ1n) is 4.70. The number of phenolic OH excluding ortho intramolecular Hbond substituents is 1. The molecule has 16 heavy (non-hydrogen) atoms. The molecule has 0 radical (unpaired) electrons. The lowest BCUT2D eigenvalue weighted by molar-refractivity contribution is 0.393. The highest BCUT2D eigenvalue weighted by Gasteiger charge is 2.10. The summed E-state index contributed by atoms with van der Waals surface area (Å²) in [6.07, 6.45) is 3.09. The van der Waals surface area contributed by atoms with E-state index in [1.54, 1.807) is 24.4 Å². The molecule has 5 nitrogen and oxygen atoms in total. The molecule has 78 valence electrons. The van der Waals surface area contributed by atoms with Gasteiger partial charge in [-0.2, -0.15) is 0 Å². The molecule has 0 unspecified atom stereocenters. The molecule has 0 spiro atoms. The third-order valence-corrected chi connectivity index (χ3v) is 2.38. The lowest BCUT2D eigenvalue weighted by Crippen LogP contribution is -1.85. The van der Waals surface area contributed by atoms with Crippen molar-refractivity contribution in [1.82, 2.24) is 15.4 Å². The van der Waals surface area contributed by atoms with E-state index >= 15 is 0 Å². The third-order valence-electron chi connectivity index (χ3n) is 2.38. The average Bonchev–Trinajstić information content (AvgIpc) is 2.82. The summed E-state index contributed by atoms with van der Waals surface area (Å²) in [5.41, 5.74) is 2.04. The smallest absolute Gasteiger partial charge is 0.152 e. The van der Waals surface area contributed by atoms with Crippen molar-refractivity contribution >= 4 is 10.9 Å². The Morgan fingerprint density at radius 2 is 2.12 bits per heavy atom. The number of phenols is 1. The van der Waals surface area contributed by atoms with Crippen LogP contribution >= 0.6 is 0 Å². The maximum atomic E-state index is 9.83. The van der Waals surface area contributed by atoms with Crippen LogP contribution in [0.15, 0.2) is 41.2 Å². The van der Waals surface area contributed by atoms with Gasteiger partial charge in [-0.15, -0.1) is 5.10 Å². The number of hydrogen-bond donors (Lipinski definition) is 1. The second kappa shape index (κ2) is 3.30. The summed E-state index contributed by atoms with van der Waals surface area (Å²) in [4.78, 5) is 4.17. The minimum atomic E-state index is 0.170. The number of rotatable bonds is 1. The molecule has 1 N–H and O–H groups in total. The van der Waals surface area contributed by atoms with Gasteiger partial charge in [-0.1, -0.05) is 6.07 Å². The maximum Gasteiger partial charge on any atom is 0.152 e. The number of aromatic hydroxyl groups is 1. The molecular formula is C11H7N3O2. The Labute approximate surface area is 90.3 Å². The Bertz CT molecular complexity index is 630. The zero-order valence-corrected chi connectivity index (χ0v) is 8.16. The van der Waals surface area contributed by atoms with Gasteiger partial charge in [0.1, 0.15) is 11.4 Å². The van der Waals surface area contributed by atoms with Gasteiger partial charge in [-0.3, -0.25) is 4.98 Å². The van der Waals surface area contributed by atoms with Gasteiger partial charge in [-0.05, 0) is 18.2 Å². The van der Waals surface area contributed by atoms with E-state index in [2.05, 4.69) is 15.4 Å². The summed E-state index contributed by atoms with van der Waals surface area (Å²) >= 11 is 0. The topological polar surface area (TPSA) is 72.0 Å². The number of fused-ring (bicyclic) bond motifs is 1. The summed E-state index contributed by atoms with van der Waals surface area (Å²) in [7, 11) is 0. The van der Waals surface area contributed by atoms with Crippen LogP contribution in [0.1, 0.15) is 0 Å². The molecule has 0 amide bonds. The fraction of sp³-hybridized carbons (Fsp3) is 0. The van der Waals surface area contributed by atoms with E-state index in [9.17, 15) is 5.11 Å². The van der Waals surface area contributed by atoms with E-state index in [0.717, 1.165) is 5.56 Å². The van der Waals surface area contributed by atoms with Gasteiger partial charge in [0.05, 0.1) is 10.9 Å². The maximum absolute atomic E-state index is 9.83. The van der Waals surface area contributed by atoms with Gasteiger partial charge >= 0.3 is 0 Å². The fourth-order valence-corrected chi connectivity index (χ4v) is 1.68. The Hall–Kier alpha value is -2.43. The Balaban J connectivity index is 2.41. The summed E-state index contributed by atoms with van der Waals surface area (Å²) in [6.45, 7) is 0. The predicted molar refractivity (Wildman–Crippen MR) is 56.7 cm³/mol. The van der Waals surface area contributed by atoms with Crippen LogP contribution in [0, 0.1) is 0 Å². The second-order valence-electron chi connectivity index (χ2n) is 3.32. The first-order chi connectivity index (χ1) is 7.86. The van der Waals surface area contributed by atoms with Crippen molar-refractivity contribution in [2.45, 2.75) is 0 Å². The van der Waals surface area contributed by atoms with Crippen LogP contribution in [0.2, 0.25) is 0 Å². The molecule has 0 fully saturated rings. The molecule has 0 atom stereocenters. The van der Waals surface area contributed by atoms with E-state index in [-0.39, 0.29) is 5.75 Å². The van der Waals surface area contributed by atoms with Crippen molar-refractivity contribution in [2.24, 2.45) is 0 Å². The van der Waals surface area contributed by atoms with E-state index in [4.69, 9.17) is 4.52 Å². The Morgan fingerprint density at radius 1 is 1.19 bits per heavy atom. The number of aromatic nitrogens is 3. The Morgan fingerprint density at radius 3 is 2.94 bits per heavy atom. The molecule has 0 aliphatic rings. The molecule has 0 bridgehead atoms. The van der Waals surface area contributed by atoms with Crippen molar-refractivity contribution in [2.75, 3.05) is 0 Å². The van der Waals surface area contributed by atoms with Crippen molar-refractivity contribution in [3.63, 3.8) is 0 Å². The highest BCUT2D eigenvalue weighted by Crippen LogP contribution is 2.32. The summed E-state index contributed by atoms with van der Waals surface area (Å²) in [6, 6.07) is 6.95. The van der Waals surface area contributed by atoms with Crippen molar-refractivity contribution in [3.8, 4) is 17.0 Å². The van der Waals surface area contributed by atoms with Crippen LogP contribution in [0.25, 0.3) is 22.2 Å². The monoisotopic (exact) mass is 213 g/mol. The quantitative estimate of drug-likeness (QED) is 0.669. The van der Waals surface area contributed by atoms with Crippen molar-refractivity contribution in [1.29, 1.82) is 0 Å². The van der Waals surface area contributed by atoms with Crippen LogP contribution in [0.4, 0.5) is 0 Å². The van der Waals surface area contributed by atoms with Crippen LogP contribution in [0.5, 0.6) is 5.75 Å². The van der Waals surface area contributed by atoms with Gasteiger partial charge < -0.3 is 9.63 Å². The Kier molecular flexibility index (Phi) is 1.83. The molecule has 5 heteroatoms. The normalized spacial score (nSPS) is 10.8. The summed E-state index contributed by atoms with van der Waals surface area (Å²) < 4.78 is 4.69. The number of pyridine rings is 1. The summed E-state index contributed by atoms with van der Waals surface area (Å²) in [5, 5.41) is 17.7. The molecule has 2 heterocycles. The molecule has 2 aromatic heterocycles. The highest BCUT2D eigenvalue weighted by atomic mass is 16.5. The third kappa shape index (κ3) is 1.22. The highest BCUT2D eigenvalue weighted by molar-refractivity contribution is 5.97. The van der Waals surface area contributed by atoms with Gasteiger partial charge in [-0.25, -0.2) is 0 Å². The molecule has 0 saturated carbocycles. The SMILES string of the molecule is Oc1cccc2nccc(-c3conn3)c12. The van der Waals surface area contributed by atoms with Crippen LogP contribution in [-0.4, -0.2) is 20.5 Å². The largest absolute Gasteiger partial charge is 0.507 e. The van der Waals surface area contributed by atoms with Gasteiger partial charge in [0.2, 0.25) is 0 Å². The van der Waals surface area contributed by atoms with Crippen LogP contribution in [-0.2, 0) is 0 Å². The van der Waals surface area contributed by atoms with Crippen molar-refractivity contribution < 1.29 is 9.63 Å². The molecule has 0 saturated heterocycles. The van der Waals surface area contributed by atoms with Crippen LogP contribution in [0.3, 0.4) is 0 Å². The van der Waals surface area contributed by atoms with E-state index in [0.29, 0.717) is 16.6 Å². The molecule has 1 aromatic carbocycles. The van der Waals surface area contributed by atoms with Gasteiger partial charge in [0.15, 0.2) is 6.26 Å².